The van der Waals surface area contributed by atoms with Crippen molar-refractivity contribution in [2.75, 3.05) is 0 Å². The van der Waals surface area contributed by atoms with Gasteiger partial charge in [0.1, 0.15) is 0 Å². The van der Waals surface area contributed by atoms with Gasteiger partial charge in [-0.2, -0.15) is 0 Å². The molecule has 4 heteroatoms. The van der Waals surface area contributed by atoms with Crippen LogP contribution in [0.4, 0.5) is 0 Å². The molecule has 1 saturated carbocycles. The highest BCUT2D eigenvalue weighted by Crippen LogP contribution is 2.19. The summed E-state index contributed by atoms with van der Waals surface area (Å²) in [6.45, 7) is 0. The summed E-state index contributed by atoms with van der Waals surface area (Å²) in [6.07, 6.45) is 6.92. The molecule has 0 aromatic heterocycles. The molecule has 0 bridgehead atoms. The van der Waals surface area contributed by atoms with Gasteiger partial charge < -0.3 is 10.3 Å². The van der Waals surface area contributed by atoms with E-state index in [0.717, 1.165) is 36.0 Å². The van der Waals surface area contributed by atoms with Crippen LogP contribution in [-0.4, -0.2) is 28.1 Å². The summed E-state index contributed by atoms with van der Waals surface area (Å²) >= 11 is 0. The lowest BCUT2D eigenvalue weighted by molar-refractivity contribution is -0.500. The summed E-state index contributed by atoms with van der Waals surface area (Å²) in [5, 5.41) is 20.7. The summed E-state index contributed by atoms with van der Waals surface area (Å²) < 4.78 is 1.02. The quantitative estimate of drug-likeness (QED) is 0.386. The van der Waals surface area contributed by atoms with Crippen LogP contribution in [0.2, 0.25) is 0 Å². The van der Waals surface area contributed by atoms with Crippen LogP contribution >= 0.6 is 0 Å². The Hall–Kier alpha value is -1.84. The monoisotopic (exact) mass is 247 g/mol. The second-order valence-corrected chi connectivity index (χ2v) is 4.71. The van der Waals surface area contributed by atoms with Crippen LogP contribution in [-0.2, 0) is 0 Å². The SMILES string of the molecule is O=C(O)c1ccc(/C=[N+](\[O-])C2CCCCC2)cc1. The summed E-state index contributed by atoms with van der Waals surface area (Å²) in [4.78, 5) is 10.7. The van der Waals surface area contributed by atoms with Gasteiger partial charge in [0.2, 0.25) is 0 Å². The van der Waals surface area contributed by atoms with E-state index in [2.05, 4.69) is 0 Å². The Morgan fingerprint density at radius 2 is 1.83 bits per heavy atom. The maximum Gasteiger partial charge on any atom is 0.335 e. The molecule has 0 spiro atoms. The maximum absolute atomic E-state index is 11.9. The fraction of sp³-hybridized carbons (Fsp3) is 0.429. The van der Waals surface area contributed by atoms with E-state index >= 15 is 0 Å². The Labute approximate surface area is 106 Å². The molecule has 2 rings (SSSR count). The van der Waals surface area contributed by atoms with Crippen molar-refractivity contribution in [3.05, 3.63) is 40.6 Å². The van der Waals surface area contributed by atoms with Crippen LogP contribution in [0.25, 0.3) is 0 Å². The number of rotatable bonds is 3. The van der Waals surface area contributed by atoms with E-state index in [9.17, 15) is 10.0 Å². The number of hydroxylamine groups is 1. The number of hydrogen-bond acceptors (Lipinski definition) is 2. The molecule has 1 N–H and O–H groups in total. The molecule has 1 fully saturated rings. The van der Waals surface area contributed by atoms with Crippen LogP contribution in [0.1, 0.15) is 48.0 Å². The molecule has 0 unspecified atom stereocenters. The number of benzene rings is 1. The average molecular weight is 247 g/mol. The van der Waals surface area contributed by atoms with Gasteiger partial charge in [0.05, 0.1) is 5.56 Å². The minimum atomic E-state index is -0.951. The van der Waals surface area contributed by atoms with Gasteiger partial charge in [0.25, 0.3) is 0 Å². The summed E-state index contributed by atoms with van der Waals surface area (Å²) in [5.74, 6) is -0.951. The highest BCUT2D eigenvalue weighted by molar-refractivity contribution is 5.88. The van der Waals surface area contributed by atoms with Gasteiger partial charge >= 0.3 is 5.97 Å². The maximum atomic E-state index is 11.9. The zero-order chi connectivity index (χ0) is 13.0. The lowest BCUT2D eigenvalue weighted by atomic mass is 9.96. The third kappa shape index (κ3) is 3.09. The van der Waals surface area contributed by atoms with E-state index in [-0.39, 0.29) is 11.6 Å². The largest absolute Gasteiger partial charge is 0.624 e. The standard InChI is InChI=1S/C14H17NO3/c16-14(17)12-8-6-11(7-9-12)10-15(18)13-4-2-1-3-5-13/h6-10,13H,1-5H2,(H,16,17)/b15-10-. The summed E-state index contributed by atoms with van der Waals surface area (Å²) in [6, 6.07) is 6.44. The van der Waals surface area contributed by atoms with Crippen molar-refractivity contribution in [1.29, 1.82) is 0 Å². The van der Waals surface area contributed by atoms with Gasteiger partial charge in [0, 0.05) is 18.4 Å². The third-order valence-corrected chi connectivity index (χ3v) is 3.37. The van der Waals surface area contributed by atoms with Crippen LogP contribution in [0.5, 0.6) is 0 Å². The minimum Gasteiger partial charge on any atom is -0.624 e. The molecule has 0 saturated heterocycles. The number of carbonyl (C=O) groups is 1. The molecule has 1 aliphatic carbocycles. The highest BCUT2D eigenvalue weighted by Gasteiger charge is 2.19. The first kappa shape index (κ1) is 12.6. The second kappa shape index (κ2) is 5.67. The molecule has 1 aliphatic rings. The van der Waals surface area contributed by atoms with Crippen molar-refractivity contribution in [2.24, 2.45) is 0 Å². The van der Waals surface area contributed by atoms with Crippen molar-refractivity contribution in [2.45, 2.75) is 38.1 Å². The van der Waals surface area contributed by atoms with Gasteiger partial charge in [-0.1, -0.05) is 6.42 Å². The van der Waals surface area contributed by atoms with E-state index in [4.69, 9.17) is 5.11 Å². The van der Waals surface area contributed by atoms with E-state index in [1.807, 2.05) is 0 Å². The van der Waals surface area contributed by atoms with Crippen molar-refractivity contribution in [3.8, 4) is 0 Å². The van der Waals surface area contributed by atoms with Gasteiger partial charge in [-0.05, 0) is 37.1 Å². The summed E-state index contributed by atoms with van der Waals surface area (Å²) in [7, 11) is 0. The molecule has 0 radical (unpaired) electrons. The predicted molar refractivity (Wildman–Crippen MR) is 69.1 cm³/mol. The number of hydrogen-bond donors (Lipinski definition) is 1. The van der Waals surface area contributed by atoms with Crippen LogP contribution in [0.15, 0.2) is 24.3 Å². The fourth-order valence-corrected chi connectivity index (χ4v) is 2.30. The smallest absolute Gasteiger partial charge is 0.335 e. The van der Waals surface area contributed by atoms with Crippen LogP contribution in [0.3, 0.4) is 0 Å². The van der Waals surface area contributed by atoms with Crippen LogP contribution < -0.4 is 0 Å². The second-order valence-electron chi connectivity index (χ2n) is 4.71. The first-order valence-corrected chi connectivity index (χ1v) is 6.30. The Morgan fingerprint density at radius 1 is 1.22 bits per heavy atom. The normalized spacial score (nSPS) is 17.7. The fourth-order valence-electron chi connectivity index (χ4n) is 2.30. The van der Waals surface area contributed by atoms with Gasteiger partial charge in [0.15, 0.2) is 12.3 Å². The van der Waals surface area contributed by atoms with Gasteiger partial charge in [-0.3, -0.25) is 0 Å². The minimum absolute atomic E-state index is 0.0814. The zero-order valence-electron chi connectivity index (χ0n) is 10.2. The molecule has 1 aromatic rings. The molecular weight excluding hydrogens is 230 g/mol. The number of carboxylic acid groups (broad SMARTS) is 1. The molecule has 4 nitrogen and oxygen atoms in total. The Morgan fingerprint density at radius 3 is 2.39 bits per heavy atom. The van der Waals surface area contributed by atoms with E-state index < -0.39 is 5.97 Å². The molecule has 18 heavy (non-hydrogen) atoms. The molecule has 0 aliphatic heterocycles. The van der Waals surface area contributed by atoms with Crippen molar-refractivity contribution in [3.63, 3.8) is 0 Å². The molecular formula is C14H17NO3. The molecule has 0 amide bonds. The molecule has 1 aromatic carbocycles. The van der Waals surface area contributed by atoms with E-state index in [1.54, 1.807) is 18.3 Å². The predicted octanol–water partition coefficient (Wildman–Crippen LogP) is 2.65. The molecule has 96 valence electrons. The summed E-state index contributed by atoms with van der Waals surface area (Å²) in [5.41, 5.74) is 0.989. The van der Waals surface area contributed by atoms with Gasteiger partial charge in [-0.15, -0.1) is 0 Å². The number of aromatic carboxylic acids is 1. The molecule has 0 atom stereocenters. The van der Waals surface area contributed by atoms with Crippen molar-refractivity contribution < 1.29 is 14.6 Å². The highest BCUT2D eigenvalue weighted by atomic mass is 16.5. The lowest BCUT2D eigenvalue weighted by Crippen LogP contribution is -2.25. The Bertz CT molecular complexity index is 445. The van der Waals surface area contributed by atoms with Crippen molar-refractivity contribution >= 4 is 12.2 Å². The van der Waals surface area contributed by atoms with Crippen molar-refractivity contribution in [1.82, 2.24) is 0 Å². The van der Waals surface area contributed by atoms with E-state index in [0.29, 0.717) is 0 Å². The Balaban J connectivity index is 2.08. The molecule has 0 heterocycles. The number of nitrogens with zero attached hydrogens (tertiary/aromatic N) is 1. The number of carboxylic acids is 1. The first-order valence-electron chi connectivity index (χ1n) is 6.30. The zero-order valence-corrected chi connectivity index (χ0v) is 10.2. The lowest BCUT2D eigenvalue weighted by Gasteiger charge is -2.20. The van der Waals surface area contributed by atoms with E-state index in [1.165, 1.54) is 18.6 Å². The average Bonchev–Trinajstić information content (AvgIpc) is 2.40. The van der Waals surface area contributed by atoms with Gasteiger partial charge in [-0.25, -0.2) is 9.53 Å². The topological polar surface area (TPSA) is 63.4 Å². The third-order valence-electron chi connectivity index (χ3n) is 3.37. The Kier molecular flexibility index (Phi) is 3.97. The first-order chi connectivity index (χ1) is 8.66. The van der Waals surface area contributed by atoms with Crippen LogP contribution in [0, 0.1) is 5.21 Å².